The largest absolute Gasteiger partial charge is 0.490 e. The third-order valence-corrected chi connectivity index (χ3v) is 3.69. The van der Waals surface area contributed by atoms with Crippen LogP contribution in [0.4, 0.5) is 13.2 Å². The van der Waals surface area contributed by atoms with Crippen molar-refractivity contribution >= 4 is 17.3 Å². The van der Waals surface area contributed by atoms with Crippen LogP contribution < -0.4 is 15.4 Å². The lowest BCUT2D eigenvalue weighted by atomic mass is 10.5. The van der Waals surface area contributed by atoms with Crippen LogP contribution in [-0.4, -0.2) is 35.6 Å². The zero-order chi connectivity index (χ0) is 18.1. The lowest BCUT2D eigenvalue weighted by Gasteiger charge is -2.11. The van der Waals surface area contributed by atoms with E-state index in [-0.39, 0.29) is 6.54 Å². The fourth-order valence-electron chi connectivity index (χ4n) is 1.77. The molecule has 0 saturated heterocycles. The van der Waals surface area contributed by atoms with Crippen LogP contribution in [0.15, 0.2) is 34.9 Å². The number of nitrogens with one attached hydrogen (secondary N) is 2. The molecule has 0 aromatic carbocycles. The Hall–Kier alpha value is -2.36. The average molecular weight is 373 g/mol. The van der Waals surface area contributed by atoms with E-state index in [0.717, 1.165) is 16.7 Å². The number of hydrogen-bond acceptors (Lipinski definition) is 5. The molecular formula is C15H18F3N5OS. The lowest BCUT2D eigenvalue weighted by molar-refractivity contribution is -0.140. The van der Waals surface area contributed by atoms with Gasteiger partial charge in [0.2, 0.25) is 0 Å². The third-order valence-electron chi connectivity index (χ3n) is 2.86. The van der Waals surface area contributed by atoms with Gasteiger partial charge in [-0.15, -0.1) is 11.3 Å². The molecule has 0 fully saturated rings. The molecule has 136 valence electrons. The van der Waals surface area contributed by atoms with Gasteiger partial charge in [0, 0.05) is 18.1 Å². The number of aromatic nitrogens is 2. The van der Waals surface area contributed by atoms with Gasteiger partial charge in [-0.3, -0.25) is 4.98 Å². The van der Waals surface area contributed by atoms with Crippen molar-refractivity contribution in [1.82, 2.24) is 20.6 Å². The maximum atomic E-state index is 12.5. The van der Waals surface area contributed by atoms with Crippen LogP contribution in [0.3, 0.4) is 0 Å². The number of nitrogens with zero attached hydrogens (tertiary/aromatic N) is 3. The van der Waals surface area contributed by atoms with E-state index in [1.807, 2.05) is 6.92 Å². The summed E-state index contributed by atoms with van der Waals surface area (Å²) in [5.41, 5.74) is -0.884. The van der Waals surface area contributed by atoms with E-state index in [4.69, 9.17) is 4.74 Å². The molecule has 0 spiro atoms. The van der Waals surface area contributed by atoms with Gasteiger partial charge in [0.25, 0.3) is 0 Å². The van der Waals surface area contributed by atoms with Crippen molar-refractivity contribution in [3.8, 4) is 5.75 Å². The number of ether oxygens (including phenoxy) is 1. The first-order valence-corrected chi connectivity index (χ1v) is 8.43. The highest BCUT2D eigenvalue weighted by Gasteiger charge is 2.33. The Kier molecular flexibility index (Phi) is 6.99. The van der Waals surface area contributed by atoms with Gasteiger partial charge in [-0.25, -0.2) is 9.98 Å². The van der Waals surface area contributed by atoms with Gasteiger partial charge in [-0.2, -0.15) is 13.2 Å². The molecule has 2 aromatic heterocycles. The van der Waals surface area contributed by atoms with Crippen LogP contribution in [0.5, 0.6) is 5.75 Å². The van der Waals surface area contributed by atoms with E-state index in [9.17, 15) is 13.2 Å². The Labute approximate surface area is 147 Å². The molecule has 0 bridgehead atoms. The molecule has 0 unspecified atom stereocenters. The maximum Gasteiger partial charge on any atom is 0.434 e. The van der Waals surface area contributed by atoms with Gasteiger partial charge in [-0.05, 0) is 19.1 Å². The molecule has 6 nitrogen and oxygen atoms in total. The van der Waals surface area contributed by atoms with Crippen LogP contribution in [0.2, 0.25) is 0 Å². The quantitative estimate of drug-likeness (QED) is 0.444. The molecule has 2 N–H and O–H groups in total. The summed E-state index contributed by atoms with van der Waals surface area (Å²) in [7, 11) is 0. The first-order valence-electron chi connectivity index (χ1n) is 7.55. The molecule has 0 radical (unpaired) electrons. The van der Waals surface area contributed by atoms with E-state index >= 15 is 0 Å². The van der Waals surface area contributed by atoms with Crippen LogP contribution in [-0.2, 0) is 12.7 Å². The van der Waals surface area contributed by atoms with Crippen molar-refractivity contribution in [3.05, 3.63) is 40.6 Å². The molecular weight excluding hydrogens is 355 g/mol. The number of thiazole rings is 1. The first kappa shape index (κ1) is 19.0. The summed E-state index contributed by atoms with van der Waals surface area (Å²) < 4.78 is 43.1. The highest BCUT2D eigenvalue weighted by Crippen LogP contribution is 2.30. The molecule has 0 aliphatic heterocycles. The van der Waals surface area contributed by atoms with Gasteiger partial charge in [0.05, 0.1) is 19.3 Å². The van der Waals surface area contributed by atoms with Gasteiger partial charge < -0.3 is 15.4 Å². The van der Waals surface area contributed by atoms with Gasteiger partial charge in [-0.1, -0.05) is 0 Å². The normalized spacial score (nSPS) is 12.1. The minimum atomic E-state index is -4.43. The van der Waals surface area contributed by atoms with Gasteiger partial charge >= 0.3 is 6.18 Å². The summed E-state index contributed by atoms with van der Waals surface area (Å²) in [4.78, 5) is 11.7. The number of alkyl halides is 3. The Balaban J connectivity index is 1.82. The van der Waals surface area contributed by atoms with E-state index in [1.54, 1.807) is 24.5 Å². The number of rotatable bonds is 7. The Morgan fingerprint density at radius 1 is 1.36 bits per heavy atom. The topological polar surface area (TPSA) is 71.4 Å². The first-order chi connectivity index (χ1) is 12.0. The highest BCUT2D eigenvalue weighted by atomic mass is 32.1. The van der Waals surface area contributed by atoms with E-state index in [2.05, 4.69) is 25.6 Å². The second-order valence-corrected chi connectivity index (χ2v) is 5.73. The standard InChI is InChI=1S/C15H18F3N5OS/c1-2-20-14(21-6-7-24-11-4-3-5-19-8-11)22-9-13-23-12(10-25-13)15(16,17)18/h3-5,8,10H,2,6-7,9H2,1H3,(H2,20,21,22). The molecule has 0 saturated carbocycles. The Morgan fingerprint density at radius 2 is 2.20 bits per heavy atom. The summed E-state index contributed by atoms with van der Waals surface area (Å²) in [5.74, 6) is 1.15. The molecule has 0 aliphatic rings. The molecule has 0 aliphatic carbocycles. The highest BCUT2D eigenvalue weighted by molar-refractivity contribution is 7.09. The summed E-state index contributed by atoms with van der Waals surface area (Å²) >= 11 is 0.937. The van der Waals surface area contributed by atoms with Crippen LogP contribution in [0.1, 0.15) is 17.6 Å². The number of pyridine rings is 1. The Morgan fingerprint density at radius 3 is 2.84 bits per heavy atom. The summed E-state index contributed by atoms with van der Waals surface area (Å²) in [6.45, 7) is 3.47. The van der Waals surface area contributed by atoms with Crippen molar-refractivity contribution in [2.45, 2.75) is 19.6 Å². The second-order valence-electron chi connectivity index (χ2n) is 4.78. The SMILES string of the molecule is CCNC(=NCc1nc(C(F)(F)F)cs1)NCCOc1cccnc1. The summed E-state index contributed by atoms with van der Waals surface area (Å²) in [5, 5.41) is 7.36. The molecule has 2 heterocycles. The summed E-state index contributed by atoms with van der Waals surface area (Å²) in [6, 6.07) is 3.57. The second kappa shape index (κ2) is 9.21. The van der Waals surface area contributed by atoms with Crippen molar-refractivity contribution in [2.75, 3.05) is 19.7 Å². The van der Waals surface area contributed by atoms with Crippen molar-refractivity contribution < 1.29 is 17.9 Å². The smallest absolute Gasteiger partial charge is 0.434 e. The van der Waals surface area contributed by atoms with Gasteiger partial charge in [0.1, 0.15) is 17.4 Å². The average Bonchev–Trinajstić information content (AvgIpc) is 3.07. The molecule has 0 amide bonds. The summed E-state index contributed by atoms with van der Waals surface area (Å²) in [6.07, 6.45) is -1.16. The van der Waals surface area contributed by atoms with Crippen molar-refractivity contribution in [3.63, 3.8) is 0 Å². The van der Waals surface area contributed by atoms with Gasteiger partial charge in [0.15, 0.2) is 11.7 Å². The maximum absolute atomic E-state index is 12.5. The predicted octanol–water partition coefficient (Wildman–Crippen LogP) is 2.69. The fraction of sp³-hybridized carbons (Fsp3) is 0.400. The zero-order valence-corrected chi connectivity index (χ0v) is 14.3. The van der Waals surface area contributed by atoms with E-state index in [1.165, 1.54) is 0 Å². The monoisotopic (exact) mass is 373 g/mol. The number of hydrogen-bond donors (Lipinski definition) is 2. The van der Waals surface area contributed by atoms with Crippen LogP contribution in [0.25, 0.3) is 0 Å². The van der Waals surface area contributed by atoms with Crippen molar-refractivity contribution in [1.29, 1.82) is 0 Å². The minimum Gasteiger partial charge on any atom is -0.490 e. The molecule has 2 aromatic rings. The molecule has 2 rings (SSSR count). The third kappa shape index (κ3) is 6.57. The van der Waals surface area contributed by atoms with Crippen LogP contribution in [0, 0.1) is 0 Å². The molecule has 25 heavy (non-hydrogen) atoms. The Bertz CT molecular complexity index is 675. The van der Waals surface area contributed by atoms with E-state index in [0.29, 0.717) is 36.4 Å². The zero-order valence-electron chi connectivity index (χ0n) is 13.5. The fourth-order valence-corrected chi connectivity index (χ4v) is 2.50. The molecule has 10 heteroatoms. The number of halogens is 3. The number of aliphatic imine (C=N–C) groups is 1. The predicted molar refractivity (Wildman–Crippen MR) is 89.7 cm³/mol. The minimum absolute atomic E-state index is 0.0690. The lowest BCUT2D eigenvalue weighted by Crippen LogP contribution is -2.39. The molecule has 0 atom stereocenters. The van der Waals surface area contributed by atoms with Crippen molar-refractivity contribution in [2.24, 2.45) is 4.99 Å². The van der Waals surface area contributed by atoms with E-state index < -0.39 is 11.9 Å². The van der Waals surface area contributed by atoms with Crippen LogP contribution >= 0.6 is 11.3 Å². The number of guanidine groups is 1.